The summed E-state index contributed by atoms with van der Waals surface area (Å²) in [5.41, 5.74) is 13.0. The zero-order valence-electron chi connectivity index (χ0n) is 11.1. The van der Waals surface area contributed by atoms with Gasteiger partial charge >= 0.3 is 0 Å². The number of nitrogens with one attached hydrogen (secondary N) is 1. The summed E-state index contributed by atoms with van der Waals surface area (Å²) >= 11 is 0. The van der Waals surface area contributed by atoms with Gasteiger partial charge in [0, 0.05) is 11.3 Å². The minimum Gasteiger partial charge on any atom is -0.398 e. The van der Waals surface area contributed by atoms with Crippen molar-refractivity contribution in [2.75, 3.05) is 5.73 Å². The van der Waals surface area contributed by atoms with E-state index in [4.69, 9.17) is 11.6 Å². The molecule has 0 fully saturated rings. The molecule has 2 aromatic carbocycles. The van der Waals surface area contributed by atoms with Crippen LogP contribution in [0.15, 0.2) is 36.4 Å². The molecule has 0 heterocycles. The third-order valence-corrected chi connectivity index (χ3v) is 3.27. The summed E-state index contributed by atoms with van der Waals surface area (Å²) in [5, 5.41) is 0. The van der Waals surface area contributed by atoms with E-state index in [9.17, 15) is 4.39 Å². The van der Waals surface area contributed by atoms with Gasteiger partial charge in [-0.2, -0.15) is 0 Å². The first-order chi connectivity index (χ1) is 9.02. The Labute approximate surface area is 112 Å². The highest BCUT2D eigenvalue weighted by Gasteiger charge is 2.18. The fourth-order valence-corrected chi connectivity index (χ4v) is 2.21. The maximum Gasteiger partial charge on any atom is 0.123 e. The Bertz CT molecular complexity index is 544. The molecule has 5 N–H and O–H groups in total. The van der Waals surface area contributed by atoms with Crippen LogP contribution < -0.4 is 17.0 Å². The van der Waals surface area contributed by atoms with E-state index in [2.05, 4.69) is 5.43 Å². The lowest BCUT2D eigenvalue weighted by Gasteiger charge is -2.21. The number of anilines is 1. The molecular weight excluding hydrogens is 241 g/mol. The summed E-state index contributed by atoms with van der Waals surface area (Å²) in [5.74, 6) is 5.32. The number of hydrogen-bond donors (Lipinski definition) is 3. The molecule has 0 radical (unpaired) electrons. The maximum absolute atomic E-state index is 13.4. The number of rotatable bonds is 3. The molecule has 0 aliphatic carbocycles. The van der Waals surface area contributed by atoms with Crippen molar-refractivity contribution in [1.29, 1.82) is 0 Å². The number of hydrazine groups is 1. The van der Waals surface area contributed by atoms with Crippen LogP contribution in [0.4, 0.5) is 10.1 Å². The predicted molar refractivity (Wildman–Crippen MR) is 75.9 cm³/mol. The first-order valence-electron chi connectivity index (χ1n) is 6.11. The van der Waals surface area contributed by atoms with Crippen LogP contribution in [0.25, 0.3) is 0 Å². The van der Waals surface area contributed by atoms with Crippen LogP contribution in [-0.2, 0) is 0 Å². The van der Waals surface area contributed by atoms with Gasteiger partial charge in [0.15, 0.2) is 0 Å². The highest BCUT2D eigenvalue weighted by molar-refractivity contribution is 5.52. The largest absolute Gasteiger partial charge is 0.398 e. The molecule has 0 aromatic heterocycles. The number of benzene rings is 2. The monoisotopic (exact) mass is 259 g/mol. The van der Waals surface area contributed by atoms with E-state index in [1.54, 1.807) is 6.07 Å². The molecule has 3 nitrogen and oxygen atoms in total. The molecule has 1 atom stereocenters. The molecule has 19 heavy (non-hydrogen) atoms. The number of aryl methyl sites for hydroxylation is 2. The van der Waals surface area contributed by atoms with E-state index in [1.165, 1.54) is 12.1 Å². The molecule has 0 saturated carbocycles. The van der Waals surface area contributed by atoms with E-state index in [0.717, 1.165) is 16.7 Å². The van der Waals surface area contributed by atoms with Crippen molar-refractivity contribution in [3.8, 4) is 0 Å². The molecule has 0 spiro atoms. The van der Waals surface area contributed by atoms with E-state index in [1.807, 2.05) is 32.0 Å². The molecule has 2 aromatic rings. The molecule has 0 saturated heterocycles. The normalized spacial score (nSPS) is 12.4. The van der Waals surface area contributed by atoms with E-state index in [0.29, 0.717) is 11.3 Å². The van der Waals surface area contributed by atoms with Crippen molar-refractivity contribution in [3.05, 3.63) is 64.5 Å². The Morgan fingerprint density at radius 2 is 1.79 bits per heavy atom. The van der Waals surface area contributed by atoms with Gasteiger partial charge in [-0.05, 0) is 43.2 Å². The Morgan fingerprint density at radius 3 is 2.47 bits per heavy atom. The molecule has 1 unspecified atom stereocenters. The zero-order chi connectivity index (χ0) is 14.0. The quantitative estimate of drug-likeness (QED) is 0.451. The summed E-state index contributed by atoms with van der Waals surface area (Å²) in [7, 11) is 0. The molecule has 100 valence electrons. The Hall–Kier alpha value is -1.91. The third kappa shape index (κ3) is 2.75. The summed E-state index contributed by atoms with van der Waals surface area (Å²) in [6.45, 7) is 4.00. The highest BCUT2D eigenvalue weighted by atomic mass is 19.1. The number of halogens is 1. The van der Waals surface area contributed by atoms with Crippen LogP contribution in [0.2, 0.25) is 0 Å². The first kappa shape index (κ1) is 13.5. The molecule has 0 aliphatic heterocycles. The second kappa shape index (κ2) is 5.38. The van der Waals surface area contributed by atoms with Crippen LogP contribution in [0.3, 0.4) is 0 Å². The lowest BCUT2D eigenvalue weighted by Crippen LogP contribution is -2.30. The van der Waals surface area contributed by atoms with Gasteiger partial charge in [0.1, 0.15) is 5.82 Å². The van der Waals surface area contributed by atoms with Crippen molar-refractivity contribution in [2.24, 2.45) is 5.84 Å². The van der Waals surface area contributed by atoms with Gasteiger partial charge in [0.2, 0.25) is 0 Å². The maximum atomic E-state index is 13.4. The van der Waals surface area contributed by atoms with Crippen LogP contribution in [-0.4, -0.2) is 0 Å². The topological polar surface area (TPSA) is 64.1 Å². The van der Waals surface area contributed by atoms with Crippen LogP contribution in [0.1, 0.15) is 28.3 Å². The van der Waals surface area contributed by atoms with Gasteiger partial charge in [-0.15, -0.1) is 0 Å². The Balaban J connectivity index is 2.55. The van der Waals surface area contributed by atoms with Crippen molar-refractivity contribution < 1.29 is 4.39 Å². The standard InChI is InChI=1S/C15H18FN3/c1-9-3-4-10(2)12(7-9)15(19-18)13-8-11(16)5-6-14(13)17/h3-8,15,19H,17-18H2,1-2H3. The molecule has 0 aliphatic rings. The molecule has 4 heteroatoms. The fourth-order valence-electron chi connectivity index (χ4n) is 2.21. The zero-order valence-corrected chi connectivity index (χ0v) is 11.1. The second-order valence-electron chi connectivity index (χ2n) is 4.73. The Morgan fingerprint density at radius 1 is 1.05 bits per heavy atom. The van der Waals surface area contributed by atoms with E-state index < -0.39 is 0 Å². The average molecular weight is 259 g/mol. The fraction of sp³-hybridized carbons (Fsp3) is 0.200. The molecule has 0 amide bonds. The van der Waals surface area contributed by atoms with Crippen molar-refractivity contribution in [2.45, 2.75) is 19.9 Å². The summed E-state index contributed by atoms with van der Waals surface area (Å²) in [4.78, 5) is 0. The number of hydrogen-bond acceptors (Lipinski definition) is 3. The SMILES string of the molecule is Cc1ccc(C)c(C(NN)c2cc(F)ccc2N)c1. The smallest absolute Gasteiger partial charge is 0.123 e. The van der Waals surface area contributed by atoms with Crippen molar-refractivity contribution in [1.82, 2.24) is 5.43 Å². The van der Waals surface area contributed by atoms with Crippen molar-refractivity contribution in [3.63, 3.8) is 0 Å². The minimum absolute atomic E-state index is 0.324. The van der Waals surface area contributed by atoms with Crippen LogP contribution in [0.5, 0.6) is 0 Å². The predicted octanol–water partition coefficient (Wildman–Crippen LogP) is 2.58. The third-order valence-electron chi connectivity index (χ3n) is 3.27. The van der Waals surface area contributed by atoms with Crippen LogP contribution in [0, 0.1) is 19.7 Å². The summed E-state index contributed by atoms with van der Waals surface area (Å²) < 4.78 is 13.4. The number of nitrogen functional groups attached to an aromatic ring is 1. The first-order valence-corrected chi connectivity index (χ1v) is 6.11. The highest BCUT2D eigenvalue weighted by Crippen LogP contribution is 2.29. The van der Waals surface area contributed by atoms with Gasteiger partial charge < -0.3 is 5.73 Å². The van der Waals surface area contributed by atoms with Gasteiger partial charge in [0.05, 0.1) is 6.04 Å². The summed E-state index contributed by atoms with van der Waals surface area (Å²) in [6.07, 6.45) is 0. The van der Waals surface area contributed by atoms with E-state index in [-0.39, 0.29) is 11.9 Å². The Kier molecular flexibility index (Phi) is 3.83. The van der Waals surface area contributed by atoms with Gasteiger partial charge in [0.25, 0.3) is 0 Å². The summed E-state index contributed by atoms with van der Waals surface area (Å²) in [6, 6.07) is 10.1. The van der Waals surface area contributed by atoms with Gasteiger partial charge in [-0.25, -0.2) is 9.82 Å². The second-order valence-corrected chi connectivity index (χ2v) is 4.73. The minimum atomic E-state index is -0.324. The molecular formula is C15H18FN3. The lowest BCUT2D eigenvalue weighted by molar-refractivity contribution is 0.605. The van der Waals surface area contributed by atoms with Crippen LogP contribution >= 0.6 is 0 Å². The van der Waals surface area contributed by atoms with Crippen molar-refractivity contribution >= 4 is 5.69 Å². The lowest BCUT2D eigenvalue weighted by atomic mass is 9.93. The molecule has 2 rings (SSSR count). The average Bonchev–Trinajstić information content (AvgIpc) is 2.38. The molecule has 0 bridgehead atoms. The van der Waals surface area contributed by atoms with Gasteiger partial charge in [-0.3, -0.25) is 5.84 Å². The number of nitrogens with two attached hydrogens (primary N) is 2. The van der Waals surface area contributed by atoms with E-state index >= 15 is 0 Å². The van der Waals surface area contributed by atoms with Gasteiger partial charge in [-0.1, -0.05) is 23.8 Å².